The number of benzene rings is 2. The lowest BCUT2D eigenvalue weighted by atomic mass is 10.0. The predicted molar refractivity (Wildman–Crippen MR) is 146 cm³/mol. The molecular formula is C30H32N6O. The van der Waals surface area contributed by atoms with Crippen molar-refractivity contribution in [2.75, 3.05) is 31.1 Å². The van der Waals surface area contributed by atoms with Crippen molar-refractivity contribution < 1.29 is 5.11 Å². The van der Waals surface area contributed by atoms with Gasteiger partial charge >= 0.3 is 0 Å². The van der Waals surface area contributed by atoms with Gasteiger partial charge in [0.15, 0.2) is 5.82 Å². The molecule has 4 aromatic rings. The van der Waals surface area contributed by atoms with Gasteiger partial charge in [0, 0.05) is 61.6 Å². The maximum absolute atomic E-state index is 9.55. The molecule has 37 heavy (non-hydrogen) atoms. The van der Waals surface area contributed by atoms with Crippen LogP contribution in [0.25, 0.3) is 28.3 Å². The van der Waals surface area contributed by atoms with Crippen LogP contribution < -0.4 is 10.2 Å². The Hall–Kier alpha value is -3.86. The van der Waals surface area contributed by atoms with E-state index in [0.29, 0.717) is 11.5 Å². The molecule has 7 heteroatoms. The van der Waals surface area contributed by atoms with Gasteiger partial charge in [-0.3, -0.25) is 4.57 Å². The van der Waals surface area contributed by atoms with E-state index in [9.17, 15) is 5.11 Å². The number of aliphatic hydroxyl groups is 1. The minimum Gasteiger partial charge on any atom is -0.394 e. The van der Waals surface area contributed by atoms with Crippen molar-refractivity contribution in [3.05, 3.63) is 78.2 Å². The average Bonchev–Trinajstić information content (AvgIpc) is 3.66. The van der Waals surface area contributed by atoms with Crippen LogP contribution in [0.4, 0.5) is 5.69 Å². The van der Waals surface area contributed by atoms with Crippen LogP contribution in [-0.4, -0.2) is 51.0 Å². The number of imidazole rings is 1. The molecule has 2 aliphatic heterocycles. The first-order valence-corrected chi connectivity index (χ1v) is 12.9. The lowest BCUT2D eigenvalue weighted by molar-refractivity contribution is 0.184. The van der Waals surface area contributed by atoms with Crippen LogP contribution in [0.5, 0.6) is 0 Å². The highest BCUT2D eigenvalue weighted by Gasteiger charge is 2.27. The van der Waals surface area contributed by atoms with Crippen molar-refractivity contribution in [3.8, 4) is 34.4 Å². The average molecular weight is 493 g/mol. The Balaban J connectivity index is 1.28. The molecule has 1 atom stereocenters. The number of fused-ring (bicyclic) bond motifs is 5. The standard InChI is InChI=1S/C30H32N6O/c1-30(2,20-37)33-16-22-9-11-34(17-22)26-7-8-27-25(13-26)19-35-18-24(23-5-3-21(15-31)4-6-23)14-28(35)29-32-10-12-36(27)29/h3-8,10,12-14,18,22,33,37H,9,11,16-17,19-20H2,1-2H3/t22-/m0/s1. The third-order valence-corrected chi connectivity index (χ3v) is 7.69. The molecule has 188 valence electrons. The van der Waals surface area contributed by atoms with Crippen LogP contribution in [0.3, 0.4) is 0 Å². The van der Waals surface area contributed by atoms with Gasteiger partial charge in [-0.1, -0.05) is 12.1 Å². The van der Waals surface area contributed by atoms with Gasteiger partial charge in [0.2, 0.25) is 0 Å². The summed E-state index contributed by atoms with van der Waals surface area (Å²) in [5, 5.41) is 22.2. The summed E-state index contributed by atoms with van der Waals surface area (Å²) in [4.78, 5) is 7.20. The molecule has 0 bridgehead atoms. The minimum absolute atomic E-state index is 0.138. The molecule has 0 aliphatic carbocycles. The van der Waals surface area contributed by atoms with E-state index < -0.39 is 0 Å². The molecule has 0 spiro atoms. The highest BCUT2D eigenvalue weighted by Crippen LogP contribution is 2.36. The number of hydrogen-bond donors (Lipinski definition) is 2. The third-order valence-electron chi connectivity index (χ3n) is 7.69. The van der Waals surface area contributed by atoms with Crippen LogP contribution in [0, 0.1) is 17.2 Å². The zero-order valence-electron chi connectivity index (χ0n) is 21.4. The van der Waals surface area contributed by atoms with E-state index in [1.807, 2.05) is 50.5 Å². The maximum Gasteiger partial charge on any atom is 0.161 e. The van der Waals surface area contributed by atoms with Gasteiger partial charge in [-0.05, 0) is 73.7 Å². The van der Waals surface area contributed by atoms with Crippen LogP contribution >= 0.6 is 0 Å². The quantitative estimate of drug-likeness (QED) is 0.367. The third kappa shape index (κ3) is 4.43. The highest BCUT2D eigenvalue weighted by molar-refractivity contribution is 5.72. The summed E-state index contributed by atoms with van der Waals surface area (Å²) < 4.78 is 4.48. The molecule has 1 fully saturated rings. The van der Waals surface area contributed by atoms with E-state index in [4.69, 9.17) is 10.2 Å². The zero-order valence-corrected chi connectivity index (χ0v) is 21.4. The van der Waals surface area contributed by atoms with Crippen LogP contribution in [0.2, 0.25) is 0 Å². The fourth-order valence-electron chi connectivity index (χ4n) is 5.44. The minimum atomic E-state index is -0.245. The SMILES string of the molecule is CC(C)(CO)NC[C@@H]1CCN(c2ccc3c(c2)Cn2cc(-c4ccc(C#N)cc4)cc2-c2nccn2-3)C1. The maximum atomic E-state index is 9.55. The first-order valence-electron chi connectivity index (χ1n) is 12.9. The number of nitrogens with zero attached hydrogens (tertiary/aromatic N) is 5. The van der Waals surface area contributed by atoms with Gasteiger partial charge in [0.1, 0.15) is 0 Å². The van der Waals surface area contributed by atoms with Crippen molar-refractivity contribution in [1.82, 2.24) is 19.4 Å². The van der Waals surface area contributed by atoms with Crippen molar-refractivity contribution in [1.29, 1.82) is 5.26 Å². The summed E-state index contributed by atoms with van der Waals surface area (Å²) in [6, 6.07) is 18.9. The number of anilines is 1. The van der Waals surface area contributed by atoms with E-state index in [0.717, 1.165) is 55.2 Å². The number of nitriles is 1. The van der Waals surface area contributed by atoms with Gasteiger partial charge in [-0.2, -0.15) is 5.26 Å². The number of rotatable bonds is 6. The van der Waals surface area contributed by atoms with Gasteiger partial charge < -0.3 is 19.9 Å². The molecule has 4 heterocycles. The van der Waals surface area contributed by atoms with Crippen molar-refractivity contribution in [2.45, 2.75) is 32.4 Å². The van der Waals surface area contributed by atoms with Gasteiger partial charge in [0.25, 0.3) is 0 Å². The fraction of sp³-hybridized carbons (Fsp3) is 0.333. The lowest BCUT2D eigenvalue weighted by Crippen LogP contribution is -2.45. The molecule has 0 saturated carbocycles. The Kier molecular flexibility index (Phi) is 5.86. The predicted octanol–water partition coefficient (Wildman–Crippen LogP) is 4.43. The number of aliphatic hydroxyl groups excluding tert-OH is 1. The Morgan fingerprint density at radius 3 is 2.76 bits per heavy atom. The molecule has 2 N–H and O–H groups in total. The Labute approximate surface area is 217 Å². The van der Waals surface area contributed by atoms with Gasteiger partial charge in [0.05, 0.1) is 29.6 Å². The van der Waals surface area contributed by atoms with Gasteiger partial charge in [-0.25, -0.2) is 4.98 Å². The van der Waals surface area contributed by atoms with Crippen molar-refractivity contribution in [3.63, 3.8) is 0 Å². The van der Waals surface area contributed by atoms with Gasteiger partial charge in [-0.15, -0.1) is 0 Å². The summed E-state index contributed by atoms with van der Waals surface area (Å²) in [5.74, 6) is 1.50. The zero-order chi connectivity index (χ0) is 25.6. The molecule has 7 nitrogen and oxygen atoms in total. The summed E-state index contributed by atoms with van der Waals surface area (Å²) in [6.07, 6.45) is 7.24. The molecule has 2 aliphatic rings. The number of hydrogen-bond acceptors (Lipinski definition) is 5. The second kappa shape index (κ2) is 9.22. The van der Waals surface area contributed by atoms with E-state index in [1.54, 1.807) is 0 Å². The topological polar surface area (TPSA) is 82.0 Å². The summed E-state index contributed by atoms with van der Waals surface area (Å²) in [7, 11) is 0. The smallest absolute Gasteiger partial charge is 0.161 e. The second-order valence-electron chi connectivity index (χ2n) is 10.9. The van der Waals surface area contributed by atoms with Crippen LogP contribution in [0.15, 0.2) is 67.1 Å². The van der Waals surface area contributed by atoms with Crippen molar-refractivity contribution >= 4 is 5.69 Å². The largest absolute Gasteiger partial charge is 0.394 e. The first-order chi connectivity index (χ1) is 17.9. The fourth-order valence-corrected chi connectivity index (χ4v) is 5.44. The Morgan fingerprint density at radius 2 is 1.97 bits per heavy atom. The number of nitrogens with one attached hydrogen (secondary N) is 1. The molecule has 2 aromatic carbocycles. The highest BCUT2D eigenvalue weighted by atomic mass is 16.3. The summed E-state index contributed by atoms with van der Waals surface area (Å²) in [6.45, 7) is 7.95. The van der Waals surface area contributed by atoms with E-state index in [2.05, 4.69) is 55.9 Å². The van der Waals surface area contributed by atoms with Crippen LogP contribution in [0.1, 0.15) is 31.4 Å². The molecule has 0 amide bonds. The molecule has 0 unspecified atom stereocenters. The van der Waals surface area contributed by atoms with E-state index in [-0.39, 0.29) is 12.1 Å². The number of aromatic nitrogens is 3. The normalized spacial score (nSPS) is 16.6. The molecule has 1 saturated heterocycles. The Bertz CT molecular complexity index is 1470. The second-order valence-corrected chi connectivity index (χ2v) is 10.9. The van der Waals surface area contributed by atoms with Crippen molar-refractivity contribution in [2.24, 2.45) is 5.92 Å². The molecule has 0 radical (unpaired) electrons. The summed E-state index contributed by atoms with van der Waals surface area (Å²) >= 11 is 0. The molecule has 2 aromatic heterocycles. The lowest BCUT2D eigenvalue weighted by Gasteiger charge is -2.26. The summed E-state index contributed by atoms with van der Waals surface area (Å²) in [5.41, 5.74) is 7.40. The monoisotopic (exact) mass is 492 g/mol. The Morgan fingerprint density at radius 1 is 1.14 bits per heavy atom. The van der Waals surface area contributed by atoms with E-state index >= 15 is 0 Å². The molecular weight excluding hydrogens is 460 g/mol. The first kappa shape index (κ1) is 23.5. The van der Waals surface area contributed by atoms with E-state index in [1.165, 1.54) is 16.9 Å². The molecule has 6 rings (SSSR count). The van der Waals surface area contributed by atoms with Crippen LogP contribution in [-0.2, 0) is 6.54 Å².